The molecule has 8 heteroatoms. The molecule has 0 aliphatic carbocycles. The Bertz CT molecular complexity index is 2330. The summed E-state index contributed by atoms with van der Waals surface area (Å²) < 4.78 is 15.0. The highest BCUT2D eigenvalue weighted by atomic mass is 16.6. The van der Waals surface area contributed by atoms with Gasteiger partial charge in [0, 0.05) is 24.1 Å². The van der Waals surface area contributed by atoms with Gasteiger partial charge in [0.05, 0.1) is 0 Å². The number of benzene rings is 6. The molecular formula is C48H42BN5O2. The van der Waals surface area contributed by atoms with Crippen molar-refractivity contribution >= 4 is 29.6 Å². The highest BCUT2D eigenvalue weighted by molar-refractivity contribution is 6.64. The molecular weight excluding hydrogens is 689 g/mol. The van der Waals surface area contributed by atoms with Crippen LogP contribution in [0.5, 0.6) is 0 Å². The molecule has 0 radical (unpaired) electrons. The van der Waals surface area contributed by atoms with Crippen LogP contribution in [0.4, 0.5) is 5.82 Å². The highest BCUT2D eigenvalue weighted by Crippen LogP contribution is 2.43. The van der Waals surface area contributed by atoms with Crippen LogP contribution in [0.1, 0.15) is 47.2 Å². The molecule has 0 bridgehead atoms. The van der Waals surface area contributed by atoms with E-state index < -0.39 is 18.2 Å². The minimum atomic E-state index is -0.951. The Morgan fingerprint density at radius 2 is 0.929 bits per heavy atom. The summed E-state index contributed by atoms with van der Waals surface area (Å²) in [5.74, 6) is 0.618. The maximum absolute atomic E-state index is 6.52. The number of rotatable bonds is 10. The molecule has 6 aromatic carbocycles. The average Bonchev–Trinajstić information content (AvgIpc) is 3.69. The third-order valence-corrected chi connectivity index (χ3v) is 10.8. The third-order valence-electron chi connectivity index (χ3n) is 10.8. The lowest BCUT2D eigenvalue weighted by Crippen LogP contribution is -2.48. The first kappa shape index (κ1) is 35.4. The Labute approximate surface area is 328 Å². The number of nitrogens with one attached hydrogen (secondary N) is 1. The van der Waals surface area contributed by atoms with Crippen molar-refractivity contribution in [2.75, 3.05) is 18.5 Å². The molecule has 0 amide bonds. The number of anilines is 1. The van der Waals surface area contributed by atoms with Crippen LogP contribution in [-0.4, -0.2) is 40.3 Å². The minimum Gasteiger partial charge on any atom is -0.407 e. The fraction of sp³-hybridized carbons (Fsp3) is 0.146. The zero-order valence-corrected chi connectivity index (χ0v) is 31.5. The van der Waals surface area contributed by atoms with Crippen molar-refractivity contribution < 1.29 is 9.31 Å². The lowest BCUT2D eigenvalue weighted by Gasteiger charge is -2.38. The van der Waals surface area contributed by atoms with E-state index in [-0.39, 0.29) is 5.41 Å². The monoisotopic (exact) mass is 731 g/mol. The molecule has 0 atom stereocenters. The number of pyridine rings is 1. The summed E-state index contributed by atoms with van der Waals surface area (Å²) in [5.41, 5.74) is 6.26. The molecule has 0 saturated carbocycles. The molecule has 3 heterocycles. The van der Waals surface area contributed by atoms with Crippen molar-refractivity contribution in [3.63, 3.8) is 0 Å². The van der Waals surface area contributed by atoms with E-state index in [0.717, 1.165) is 38.8 Å². The second-order valence-electron chi connectivity index (χ2n) is 15.2. The SMILES string of the molecule is CC1(C)COB(c2cc(NC(c3ccccc3)(c3ccccc3)c3ccccc3)nc3c2nnn3C(c2ccccc2)(c2ccccc2)c2ccccc2)OC1. The lowest BCUT2D eigenvalue weighted by molar-refractivity contribution is 0.0344. The van der Waals surface area contributed by atoms with Gasteiger partial charge in [-0.3, -0.25) is 0 Å². The van der Waals surface area contributed by atoms with E-state index in [1.807, 2.05) is 47.1 Å². The Kier molecular flexibility index (Phi) is 9.29. The topological polar surface area (TPSA) is 74.1 Å². The van der Waals surface area contributed by atoms with Gasteiger partial charge in [0.15, 0.2) is 5.65 Å². The molecule has 0 spiro atoms. The lowest BCUT2D eigenvalue weighted by atomic mass is 9.74. The van der Waals surface area contributed by atoms with Crippen LogP contribution in [0, 0.1) is 5.41 Å². The van der Waals surface area contributed by atoms with E-state index in [1.54, 1.807) is 0 Å². The van der Waals surface area contributed by atoms with Crippen molar-refractivity contribution in [3.05, 3.63) is 221 Å². The number of fused-ring (bicyclic) bond motifs is 1. The smallest absolute Gasteiger partial charge is 0.407 e. The van der Waals surface area contributed by atoms with Crippen molar-refractivity contribution in [2.45, 2.75) is 24.9 Å². The van der Waals surface area contributed by atoms with Crippen LogP contribution in [0.15, 0.2) is 188 Å². The van der Waals surface area contributed by atoms with Crippen molar-refractivity contribution in [1.29, 1.82) is 0 Å². The van der Waals surface area contributed by atoms with Gasteiger partial charge in [-0.05, 0) is 39.4 Å². The maximum Gasteiger partial charge on any atom is 0.496 e. The fourth-order valence-electron chi connectivity index (χ4n) is 8.15. The van der Waals surface area contributed by atoms with Gasteiger partial charge in [-0.1, -0.05) is 201 Å². The molecule has 56 heavy (non-hydrogen) atoms. The number of hydrogen-bond acceptors (Lipinski definition) is 6. The van der Waals surface area contributed by atoms with Crippen molar-refractivity contribution in [2.24, 2.45) is 5.41 Å². The number of aromatic nitrogens is 4. The molecule has 9 rings (SSSR count). The summed E-state index contributed by atoms with van der Waals surface area (Å²) >= 11 is 0. The van der Waals surface area contributed by atoms with Crippen LogP contribution >= 0.6 is 0 Å². The van der Waals surface area contributed by atoms with E-state index in [2.05, 4.69) is 165 Å². The van der Waals surface area contributed by atoms with Gasteiger partial charge in [0.1, 0.15) is 22.4 Å². The Morgan fingerprint density at radius 1 is 0.554 bits per heavy atom. The van der Waals surface area contributed by atoms with Gasteiger partial charge in [0.25, 0.3) is 0 Å². The van der Waals surface area contributed by atoms with Crippen LogP contribution in [-0.2, 0) is 20.4 Å². The molecule has 1 aliphatic heterocycles. The first-order chi connectivity index (χ1) is 27.5. The highest BCUT2D eigenvalue weighted by Gasteiger charge is 2.44. The van der Waals surface area contributed by atoms with Crippen LogP contribution in [0.3, 0.4) is 0 Å². The largest absolute Gasteiger partial charge is 0.496 e. The second kappa shape index (κ2) is 14.7. The van der Waals surface area contributed by atoms with Gasteiger partial charge in [-0.25, -0.2) is 9.67 Å². The van der Waals surface area contributed by atoms with Crippen LogP contribution < -0.4 is 10.8 Å². The molecule has 274 valence electrons. The predicted molar refractivity (Wildman–Crippen MR) is 224 cm³/mol. The first-order valence-corrected chi connectivity index (χ1v) is 19.1. The Balaban J connectivity index is 1.36. The third kappa shape index (κ3) is 6.17. The number of nitrogens with zero attached hydrogens (tertiary/aromatic N) is 4. The molecule has 2 aromatic heterocycles. The van der Waals surface area contributed by atoms with E-state index in [9.17, 15) is 0 Å². The summed E-state index contributed by atoms with van der Waals surface area (Å²) in [4.78, 5) is 5.54. The predicted octanol–water partition coefficient (Wildman–Crippen LogP) is 8.84. The van der Waals surface area contributed by atoms with Crippen molar-refractivity contribution in [3.8, 4) is 0 Å². The van der Waals surface area contributed by atoms with E-state index >= 15 is 0 Å². The second-order valence-corrected chi connectivity index (χ2v) is 15.2. The standard InChI is InChI=1S/C48H42BN5O2/c1-46(2)34-55-49(56-35-46)42-33-43(51-47(36-21-9-3-10-22-36,37-23-11-4-12-24-37)38-25-13-5-14-26-38)50-45-44(42)52-53-54(45)48(39-27-15-6-16-28-39,40-29-17-7-18-30-40)41-31-19-8-20-32-41/h3-33H,34-35H2,1-2H3,(H,50,51). The number of hydrogen-bond donors (Lipinski definition) is 1. The normalized spacial score (nSPS) is 14.4. The van der Waals surface area contributed by atoms with Crippen LogP contribution in [0.2, 0.25) is 0 Å². The first-order valence-electron chi connectivity index (χ1n) is 19.1. The van der Waals surface area contributed by atoms with Gasteiger partial charge in [-0.15, -0.1) is 5.10 Å². The fourth-order valence-corrected chi connectivity index (χ4v) is 8.15. The Hall–Kier alpha value is -6.35. The maximum atomic E-state index is 6.52. The summed E-state index contributed by atoms with van der Waals surface area (Å²) in [6, 6.07) is 65.1. The van der Waals surface area contributed by atoms with Gasteiger partial charge in [0.2, 0.25) is 0 Å². The van der Waals surface area contributed by atoms with Gasteiger partial charge < -0.3 is 14.6 Å². The summed E-state index contributed by atoms with van der Waals surface area (Å²) in [6.07, 6.45) is 0. The van der Waals surface area contributed by atoms with E-state index in [1.165, 1.54) is 0 Å². The molecule has 1 aliphatic rings. The molecule has 1 saturated heterocycles. The minimum absolute atomic E-state index is 0.131. The molecule has 1 fully saturated rings. The average molecular weight is 732 g/mol. The summed E-state index contributed by atoms with van der Waals surface area (Å²) in [7, 11) is -0.682. The quantitative estimate of drug-likeness (QED) is 0.112. The Morgan fingerprint density at radius 3 is 1.32 bits per heavy atom. The molecule has 7 nitrogen and oxygen atoms in total. The van der Waals surface area contributed by atoms with E-state index in [0.29, 0.717) is 30.2 Å². The van der Waals surface area contributed by atoms with Gasteiger partial charge in [-0.2, -0.15) is 0 Å². The van der Waals surface area contributed by atoms with E-state index in [4.69, 9.17) is 24.6 Å². The van der Waals surface area contributed by atoms with Crippen molar-refractivity contribution in [1.82, 2.24) is 20.0 Å². The molecule has 1 N–H and O–H groups in total. The summed E-state index contributed by atoms with van der Waals surface area (Å²) in [5, 5.41) is 14.0. The molecule has 8 aromatic rings. The molecule has 0 unspecified atom stereocenters. The zero-order valence-electron chi connectivity index (χ0n) is 31.5. The zero-order chi connectivity index (χ0) is 38.0. The van der Waals surface area contributed by atoms with Crippen LogP contribution in [0.25, 0.3) is 11.2 Å². The van der Waals surface area contributed by atoms with Gasteiger partial charge >= 0.3 is 7.12 Å². The summed E-state index contributed by atoms with van der Waals surface area (Å²) in [6.45, 7) is 5.36.